The van der Waals surface area contributed by atoms with Gasteiger partial charge >= 0.3 is 0 Å². The van der Waals surface area contributed by atoms with E-state index < -0.39 is 0 Å². The minimum atomic E-state index is 1.05. The maximum Gasteiger partial charge on any atom is 0.213 e. The fraction of sp³-hybridized carbons (Fsp3) is 0.0870. The summed E-state index contributed by atoms with van der Waals surface area (Å²) in [6.07, 6.45) is 1.09. The summed E-state index contributed by atoms with van der Waals surface area (Å²) in [5, 5.41) is 1.31. The summed E-state index contributed by atoms with van der Waals surface area (Å²) in [6.45, 7) is 1.05. The normalized spacial score (nSPS) is 12.7. The van der Waals surface area contributed by atoms with Crippen molar-refractivity contribution in [2.45, 2.75) is 13.0 Å². The summed E-state index contributed by atoms with van der Waals surface area (Å²) >= 11 is 0. The minimum Gasteiger partial charge on any atom is -0.191 e. The highest BCUT2D eigenvalue weighted by Crippen LogP contribution is 2.31. The van der Waals surface area contributed by atoms with Crippen molar-refractivity contribution in [1.82, 2.24) is 0 Å². The zero-order valence-electron chi connectivity index (χ0n) is 13.4. The molecule has 24 heavy (non-hydrogen) atoms. The minimum absolute atomic E-state index is 1.05. The van der Waals surface area contributed by atoms with Crippen LogP contribution in [0.3, 0.4) is 0 Å². The van der Waals surface area contributed by atoms with Crippen LogP contribution >= 0.6 is 0 Å². The molecule has 0 atom stereocenters. The van der Waals surface area contributed by atoms with Crippen LogP contribution in [0.4, 0.5) is 0 Å². The van der Waals surface area contributed by atoms with Gasteiger partial charge in [0.2, 0.25) is 11.2 Å². The molecule has 3 aromatic carbocycles. The maximum atomic E-state index is 2.46. The number of fused-ring (bicyclic) bond motifs is 5. The first kappa shape index (κ1) is 13.5. The number of aryl methyl sites for hydroxylation is 2. The highest BCUT2D eigenvalue weighted by molar-refractivity contribution is 5.79. The van der Waals surface area contributed by atoms with Crippen molar-refractivity contribution in [3.05, 3.63) is 90.5 Å². The molecule has 0 radical (unpaired) electrons. The van der Waals surface area contributed by atoms with Crippen molar-refractivity contribution in [2.24, 2.45) is 0 Å². The molecule has 1 aliphatic heterocycles. The number of rotatable bonds is 1. The van der Waals surface area contributed by atoms with Crippen LogP contribution in [0.5, 0.6) is 0 Å². The predicted molar refractivity (Wildman–Crippen MR) is 98.7 cm³/mol. The van der Waals surface area contributed by atoms with E-state index in [1.54, 1.807) is 0 Å². The van der Waals surface area contributed by atoms with Crippen molar-refractivity contribution in [2.75, 3.05) is 0 Å². The van der Waals surface area contributed by atoms with Gasteiger partial charge in [-0.25, -0.2) is 0 Å². The van der Waals surface area contributed by atoms with Crippen LogP contribution in [0, 0.1) is 0 Å². The van der Waals surface area contributed by atoms with E-state index in [4.69, 9.17) is 0 Å². The summed E-state index contributed by atoms with van der Waals surface area (Å²) in [5.74, 6) is 0. The van der Waals surface area contributed by atoms with Crippen LogP contribution in [0.1, 0.15) is 5.56 Å². The van der Waals surface area contributed by atoms with Crippen LogP contribution in [0.25, 0.3) is 33.3 Å². The molecule has 0 amide bonds. The Labute approximate surface area is 141 Å². The second kappa shape index (κ2) is 5.31. The van der Waals surface area contributed by atoms with Gasteiger partial charge in [0.25, 0.3) is 0 Å². The molecular formula is C23H18N+. The molecule has 0 bridgehead atoms. The lowest BCUT2D eigenvalue weighted by Crippen LogP contribution is -2.41. The number of hydrogen-bond acceptors (Lipinski definition) is 0. The molecule has 114 valence electrons. The van der Waals surface area contributed by atoms with Gasteiger partial charge in [-0.05, 0) is 34.9 Å². The lowest BCUT2D eigenvalue weighted by atomic mass is 9.92. The van der Waals surface area contributed by atoms with E-state index in [2.05, 4.69) is 89.5 Å². The van der Waals surface area contributed by atoms with Gasteiger partial charge in [0, 0.05) is 23.9 Å². The Kier molecular flexibility index (Phi) is 2.99. The molecule has 1 nitrogen and oxygen atoms in total. The molecular weight excluding hydrogens is 290 g/mol. The Morgan fingerprint density at radius 3 is 2.42 bits per heavy atom. The second-order valence-corrected chi connectivity index (χ2v) is 6.42. The Hall–Kier alpha value is -2.93. The van der Waals surface area contributed by atoms with Gasteiger partial charge in [-0.2, -0.15) is 4.57 Å². The molecule has 5 rings (SSSR count). The van der Waals surface area contributed by atoms with E-state index in [-0.39, 0.29) is 0 Å². The molecule has 1 aromatic heterocycles. The second-order valence-electron chi connectivity index (χ2n) is 6.42. The van der Waals surface area contributed by atoms with Crippen molar-refractivity contribution >= 4 is 10.9 Å². The molecule has 2 heterocycles. The maximum absolute atomic E-state index is 2.46. The third kappa shape index (κ3) is 2.05. The number of pyridine rings is 1. The van der Waals surface area contributed by atoms with Gasteiger partial charge in [-0.15, -0.1) is 0 Å². The third-order valence-corrected chi connectivity index (χ3v) is 5.04. The van der Waals surface area contributed by atoms with E-state index in [1.165, 1.54) is 38.9 Å². The zero-order valence-corrected chi connectivity index (χ0v) is 13.4. The molecule has 0 saturated carbocycles. The first-order chi connectivity index (χ1) is 11.9. The van der Waals surface area contributed by atoms with E-state index >= 15 is 0 Å². The molecule has 0 fully saturated rings. The zero-order chi connectivity index (χ0) is 15.9. The van der Waals surface area contributed by atoms with Gasteiger partial charge in [-0.3, -0.25) is 0 Å². The topological polar surface area (TPSA) is 3.88 Å². The average Bonchev–Trinajstić information content (AvgIpc) is 2.67. The Bertz CT molecular complexity index is 1050. The lowest BCUT2D eigenvalue weighted by molar-refractivity contribution is -0.661. The molecule has 0 N–H and O–H groups in total. The van der Waals surface area contributed by atoms with E-state index in [0.717, 1.165) is 13.0 Å². The first-order valence-electron chi connectivity index (χ1n) is 8.50. The van der Waals surface area contributed by atoms with Crippen LogP contribution < -0.4 is 4.57 Å². The standard InChI is InChI=1S/C23H18N/c1-2-6-17(7-3-1)20-11-10-18-14-15-24-22-9-5-4-8-19(22)12-13-23(24)21(18)16-20/h1-13,16H,14-15H2/q+1. The van der Waals surface area contributed by atoms with E-state index in [9.17, 15) is 0 Å². The Morgan fingerprint density at radius 2 is 1.50 bits per heavy atom. The highest BCUT2D eigenvalue weighted by Gasteiger charge is 2.25. The van der Waals surface area contributed by atoms with Crippen molar-refractivity contribution < 1.29 is 4.57 Å². The molecule has 1 heteroatoms. The summed E-state index contributed by atoms with van der Waals surface area (Å²) in [6, 6.07) is 30.7. The fourth-order valence-electron chi connectivity index (χ4n) is 3.81. The molecule has 0 saturated heterocycles. The Morgan fingerprint density at radius 1 is 0.667 bits per heavy atom. The molecule has 1 aliphatic rings. The van der Waals surface area contributed by atoms with Gasteiger partial charge in [-0.1, -0.05) is 54.6 Å². The number of benzene rings is 3. The quantitative estimate of drug-likeness (QED) is 0.435. The number of aromatic nitrogens is 1. The summed E-state index contributed by atoms with van der Waals surface area (Å²) in [5.41, 5.74) is 8.03. The monoisotopic (exact) mass is 308 g/mol. The molecule has 4 aromatic rings. The largest absolute Gasteiger partial charge is 0.213 e. The third-order valence-electron chi connectivity index (χ3n) is 5.04. The summed E-state index contributed by atoms with van der Waals surface area (Å²) in [4.78, 5) is 0. The smallest absolute Gasteiger partial charge is 0.191 e. The van der Waals surface area contributed by atoms with Crippen LogP contribution in [0.2, 0.25) is 0 Å². The van der Waals surface area contributed by atoms with Gasteiger partial charge < -0.3 is 0 Å². The van der Waals surface area contributed by atoms with Crippen LogP contribution in [0.15, 0.2) is 84.9 Å². The van der Waals surface area contributed by atoms with E-state index in [0.29, 0.717) is 0 Å². The van der Waals surface area contributed by atoms with Gasteiger partial charge in [0.1, 0.15) is 0 Å². The van der Waals surface area contributed by atoms with Gasteiger partial charge in [0.05, 0.1) is 5.56 Å². The van der Waals surface area contributed by atoms with Crippen molar-refractivity contribution in [3.63, 3.8) is 0 Å². The summed E-state index contributed by atoms with van der Waals surface area (Å²) in [7, 11) is 0. The van der Waals surface area contributed by atoms with E-state index in [1.807, 2.05) is 0 Å². The summed E-state index contributed by atoms with van der Waals surface area (Å²) < 4.78 is 2.46. The number of hydrogen-bond donors (Lipinski definition) is 0. The number of nitrogens with zero attached hydrogens (tertiary/aromatic N) is 1. The fourth-order valence-corrected chi connectivity index (χ4v) is 3.81. The molecule has 0 unspecified atom stereocenters. The molecule has 0 aliphatic carbocycles. The number of para-hydroxylation sites is 1. The predicted octanol–water partition coefficient (Wildman–Crippen LogP) is 5.02. The lowest BCUT2D eigenvalue weighted by Gasteiger charge is -2.17. The SMILES string of the molecule is c1ccc(-c2ccc3c(c2)-c2ccc4ccccc4[n+]2CC3)cc1. The Balaban J connectivity index is 1.74. The highest BCUT2D eigenvalue weighted by atomic mass is 15.0. The van der Waals surface area contributed by atoms with Gasteiger partial charge in [0.15, 0.2) is 6.54 Å². The molecule has 0 spiro atoms. The van der Waals surface area contributed by atoms with Crippen molar-refractivity contribution in [3.8, 4) is 22.4 Å². The van der Waals surface area contributed by atoms with Crippen LogP contribution in [-0.2, 0) is 13.0 Å². The average molecular weight is 308 g/mol. The van der Waals surface area contributed by atoms with Crippen LogP contribution in [-0.4, -0.2) is 0 Å². The van der Waals surface area contributed by atoms with Crippen molar-refractivity contribution in [1.29, 1.82) is 0 Å². The first-order valence-corrected chi connectivity index (χ1v) is 8.50.